The number of hydrogen-bond acceptors (Lipinski definition) is 2. The zero-order valence-corrected chi connectivity index (χ0v) is 8.46. The first-order valence-corrected chi connectivity index (χ1v) is 4.94. The van der Waals surface area contributed by atoms with Crippen LogP contribution in [0.2, 0.25) is 0 Å². The van der Waals surface area contributed by atoms with Crippen LogP contribution in [0, 0.1) is 11.3 Å². The largest absolute Gasteiger partial charge is 0.479 e. The lowest BCUT2D eigenvalue weighted by Crippen LogP contribution is -2.64. The number of carbonyl (C=O) groups is 2. The Balaban J connectivity index is 2.47. The van der Waals surface area contributed by atoms with Crippen molar-refractivity contribution in [1.82, 2.24) is 5.32 Å². The molecule has 0 unspecified atom stereocenters. The predicted molar refractivity (Wildman–Crippen MR) is 49.6 cm³/mol. The van der Waals surface area contributed by atoms with Crippen LogP contribution < -0.4 is 5.32 Å². The third-order valence-electron chi connectivity index (χ3n) is 4.14. The summed E-state index contributed by atoms with van der Waals surface area (Å²) in [6.45, 7) is 3.89. The molecule has 1 heterocycles. The molecule has 1 aliphatic carbocycles. The first kappa shape index (κ1) is 9.49. The van der Waals surface area contributed by atoms with Gasteiger partial charge in [0.25, 0.3) is 0 Å². The molecular weight excluding hydrogens is 182 g/mol. The Hall–Kier alpha value is -1.06. The lowest BCUT2D eigenvalue weighted by molar-refractivity contribution is -0.156. The van der Waals surface area contributed by atoms with Crippen LogP contribution >= 0.6 is 0 Å². The number of carboxylic acids is 1. The van der Waals surface area contributed by atoms with Crippen molar-refractivity contribution in [2.24, 2.45) is 11.3 Å². The van der Waals surface area contributed by atoms with Gasteiger partial charge in [0.1, 0.15) is 5.54 Å². The summed E-state index contributed by atoms with van der Waals surface area (Å²) in [5.41, 5.74) is -1.35. The summed E-state index contributed by atoms with van der Waals surface area (Å²) in [6.07, 6.45) is 1.87. The highest BCUT2D eigenvalue weighted by Crippen LogP contribution is 2.54. The Morgan fingerprint density at radius 2 is 2.21 bits per heavy atom. The number of piperidine rings is 1. The van der Waals surface area contributed by atoms with Crippen LogP contribution in [0.25, 0.3) is 0 Å². The molecule has 2 N–H and O–H groups in total. The van der Waals surface area contributed by atoms with Gasteiger partial charge in [-0.3, -0.25) is 4.79 Å². The first-order valence-electron chi connectivity index (χ1n) is 4.94. The number of carbonyl (C=O) groups excluding carboxylic acids is 1. The zero-order valence-electron chi connectivity index (χ0n) is 8.46. The number of hydrogen-bond donors (Lipinski definition) is 2. The predicted octanol–water partition coefficient (Wildman–Crippen LogP) is 0.766. The molecule has 0 aromatic carbocycles. The van der Waals surface area contributed by atoms with E-state index in [1.54, 1.807) is 0 Å². The van der Waals surface area contributed by atoms with E-state index >= 15 is 0 Å². The molecule has 4 heteroatoms. The van der Waals surface area contributed by atoms with Crippen molar-refractivity contribution >= 4 is 11.9 Å². The fourth-order valence-electron chi connectivity index (χ4n) is 2.95. The summed E-state index contributed by atoms with van der Waals surface area (Å²) >= 11 is 0. The highest BCUT2D eigenvalue weighted by molar-refractivity contribution is 5.90. The standard InChI is InChI=1S/C10H15NO3/c1-9(2)6-3-4-10(9,8(13)14)11-7(12)5-6/h6H,3-5H2,1-2H3,(H,11,12)(H,13,14)/t6-,10+/m0/s1. The number of aliphatic carboxylic acids is 1. The Morgan fingerprint density at radius 3 is 2.79 bits per heavy atom. The van der Waals surface area contributed by atoms with E-state index in [2.05, 4.69) is 5.32 Å². The number of amides is 1. The van der Waals surface area contributed by atoms with Crippen LogP contribution in [0.15, 0.2) is 0 Å². The highest BCUT2D eigenvalue weighted by Gasteiger charge is 2.63. The van der Waals surface area contributed by atoms with Crippen LogP contribution in [-0.2, 0) is 9.59 Å². The van der Waals surface area contributed by atoms with E-state index in [9.17, 15) is 14.7 Å². The summed E-state index contributed by atoms with van der Waals surface area (Å²) in [4.78, 5) is 22.6. The second kappa shape index (κ2) is 2.49. The Morgan fingerprint density at radius 1 is 1.57 bits per heavy atom. The molecule has 1 aliphatic heterocycles. The molecule has 0 spiro atoms. The number of carboxylic acid groups (broad SMARTS) is 1. The highest BCUT2D eigenvalue weighted by atomic mass is 16.4. The molecule has 4 nitrogen and oxygen atoms in total. The summed E-state index contributed by atoms with van der Waals surface area (Å²) in [5, 5.41) is 11.9. The molecule has 2 atom stereocenters. The van der Waals surface area contributed by atoms with Gasteiger partial charge in [-0.1, -0.05) is 13.8 Å². The van der Waals surface area contributed by atoms with Crippen LogP contribution in [0.5, 0.6) is 0 Å². The van der Waals surface area contributed by atoms with Gasteiger partial charge in [0.05, 0.1) is 0 Å². The molecule has 1 saturated heterocycles. The van der Waals surface area contributed by atoms with Gasteiger partial charge in [0.15, 0.2) is 0 Å². The molecule has 1 amide bonds. The summed E-state index contributed by atoms with van der Waals surface area (Å²) in [5.74, 6) is -0.792. The second-order valence-electron chi connectivity index (χ2n) is 4.92. The minimum Gasteiger partial charge on any atom is -0.479 e. The molecule has 14 heavy (non-hydrogen) atoms. The third-order valence-corrected chi connectivity index (χ3v) is 4.14. The van der Waals surface area contributed by atoms with Crippen molar-refractivity contribution in [3.8, 4) is 0 Å². The second-order valence-corrected chi connectivity index (χ2v) is 4.92. The molecule has 0 aromatic heterocycles. The minimum absolute atomic E-state index is 0.116. The quantitative estimate of drug-likeness (QED) is 0.652. The zero-order chi connectivity index (χ0) is 10.6. The average molecular weight is 197 g/mol. The summed E-state index contributed by atoms with van der Waals surface area (Å²) < 4.78 is 0. The van der Waals surface area contributed by atoms with Crippen molar-refractivity contribution in [3.63, 3.8) is 0 Å². The van der Waals surface area contributed by atoms with E-state index in [0.29, 0.717) is 12.8 Å². The van der Waals surface area contributed by atoms with E-state index in [0.717, 1.165) is 6.42 Å². The van der Waals surface area contributed by atoms with Gasteiger partial charge in [-0.2, -0.15) is 0 Å². The van der Waals surface area contributed by atoms with Gasteiger partial charge in [0.2, 0.25) is 5.91 Å². The maximum atomic E-state index is 11.3. The maximum Gasteiger partial charge on any atom is 0.329 e. The summed E-state index contributed by atoms with van der Waals surface area (Å²) in [6, 6.07) is 0. The van der Waals surface area contributed by atoms with Gasteiger partial charge in [-0.25, -0.2) is 4.79 Å². The van der Waals surface area contributed by atoms with Crippen molar-refractivity contribution in [1.29, 1.82) is 0 Å². The van der Waals surface area contributed by atoms with Crippen molar-refractivity contribution in [2.75, 3.05) is 0 Å². The van der Waals surface area contributed by atoms with Crippen molar-refractivity contribution in [2.45, 2.75) is 38.6 Å². The van der Waals surface area contributed by atoms with Gasteiger partial charge in [0, 0.05) is 11.8 Å². The fourth-order valence-corrected chi connectivity index (χ4v) is 2.95. The first-order chi connectivity index (χ1) is 6.40. The molecule has 2 rings (SSSR count). The smallest absolute Gasteiger partial charge is 0.329 e. The monoisotopic (exact) mass is 197 g/mol. The third kappa shape index (κ3) is 0.885. The van der Waals surface area contributed by atoms with Crippen LogP contribution in [0.4, 0.5) is 0 Å². The Kier molecular flexibility index (Phi) is 1.69. The molecule has 0 aromatic rings. The Bertz CT molecular complexity index is 310. The van der Waals surface area contributed by atoms with Gasteiger partial charge < -0.3 is 10.4 Å². The van der Waals surface area contributed by atoms with E-state index in [-0.39, 0.29) is 17.2 Å². The van der Waals surface area contributed by atoms with E-state index < -0.39 is 11.5 Å². The molecule has 0 radical (unpaired) electrons. The molecular formula is C10H15NO3. The van der Waals surface area contributed by atoms with Crippen LogP contribution in [-0.4, -0.2) is 22.5 Å². The normalized spacial score (nSPS) is 39.3. The summed E-state index contributed by atoms with van der Waals surface area (Å²) in [7, 11) is 0. The SMILES string of the molecule is CC1(C)[C@H]2CC[C@]1(C(=O)O)NC(=O)C2. The molecule has 1 saturated carbocycles. The number of nitrogens with one attached hydrogen (secondary N) is 1. The van der Waals surface area contributed by atoms with E-state index in [1.165, 1.54) is 0 Å². The minimum atomic E-state index is -1.02. The van der Waals surface area contributed by atoms with Crippen LogP contribution in [0.3, 0.4) is 0 Å². The van der Waals surface area contributed by atoms with Crippen molar-refractivity contribution < 1.29 is 14.7 Å². The maximum absolute atomic E-state index is 11.3. The van der Waals surface area contributed by atoms with Crippen LogP contribution in [0.1, 0.15) is 33.1 Å². The molecule has 2 bridgehead atoms. The molecule has 2 fully saturated rings. The van der Waals surface area contributed by atoms with Gasteiger partial charge in [-0.15, -0.1) is 0 Å². The Labute approximate surface area is 82.7 Å². The molecule has 78 valence electrons. The van der Waals surface area contributed by atoms with Crippen molar-refractivity contribution in [3.05, 3.63) is 0 Å². The fraction of sp³-hybridized carbons (Fsp3) is 0.800. The van der Waals surface area contributed by atoms with E-state index in [4.69, 9.17) is 0 Å². The number of rotatable bonds is 1. The average Bonchev–Trinajstić information content (AvgIpc) is 2.27. The number of fused-ring (bicyclic) bond motifs is 2. The van der Waals surface area contributed by atoms with E-state index in [1.807, 2.05) is 13.8 Å². The molecule has 2 aliphatic rings. The van der Waals surface area contributed by atoms with Gasteiger partial charge in [-0.05, 0) is 18.8 Å². The van der Waals surface area contributed by atoms with Gasteiger partial charge >= 0.3 is 5.97 Å². The lowest BCUT2D eigenvalue weighted by atomic mass is 9.67. The topological polar surface area (TPSA) is 66.4 Å². The lowest BCUT2D eigenvalue weighted by Gasteiger charge is -2.45.